The van der Waals surface area contributed by atoms with Gasteiger partial charge in [0.2, 0.25) is 0 Å². The normalized spacial score (nSPS) is 14.0. The van der Waals surface area contributed by atoms with Crippen molar-refractivity contribution in [1.82, 2.24) is 9.47 Å². The molecule has 0 saturated carbocycles. The molecule has 0 radical (unpaired) electrons. The van der Waals surface area contributed by atoms with Crippen LogP contribution in [0.15, 0.2) is 53.5 Å². The molecule has 0 aliphatic carbocycles. The fourth-order valence-electron chi connectivity index (χ4n) is 5.18. The van der Waals surface area contributed by atoms with Crippen LogP contribution in [-0.2, 0) is 23.2 Å². The molecule has 42 heavy (non-hydrogen) atoms. The molecule has 0 atom stereocenters. The molecule has 1 saturated heterocycles. The van der Waals surface area contributed by atoms with Crippen molar-refractivity contribution in [2.75, 3.05) is 51.2 Å². The second-order valence-corrected chi connectivity index (χ2v) is 11.6. The van der Waals surface area contributed by atoms with Gasteiger partial charge in [-0.15, -0.1) is 0 Å². The third kappa shape index (κ3) is 7.52. The number of hydrogen-bond acceptors (Lipinski definition) is 6. The first-order valence-corrected chi connectivity index (χ1v) is 14.6. The molecule has 2 aromatic carbocycles. The van der Waals surface area contributed by atoms with Crippen LogP contribution in [-0.4, -0.2) is 56.0 Å². The Labute approximate surface area is 248 Å². The minimum atomic E-state index is -0.488. The number of benzene rings is 2. The molecule has 1 fully saturated rings. The van der Waals surface area contributed by atoms with Crippen LogP contribution in [0, 0.1) is 0 Å². The summed E-state index contributed by atoms with van der Waals surface area (Å²) < 4.78 is 18.2. The summed E-state index contributed by atoms with van der Waals surface area (Å²) in [5, 5.41) is 5.97. The van der Waals surface area contributed by atoms with Crippen LogP contribution in [0.1, 0.15) is 51.7 Å². The number of pyridine rings is 1. The largest absolute Gasteiger partial charge is 0.497 e. The number of anilines is 2. The molecule has 0 spiro atoms. The predicted octanol–water partition coefficient (Wildman–Crippen LogP) is 6.11. The number of amides is 2. The molecule has 2 N–H and O–H groups in total. The number of rotatable bonds is 10. The minimum absolute atomic E-state index is 0.180. The zero-order valence-electron chi connectivity index (χ0n) is 25.7. The van der Waals surface area contributed by atoms with Crippen molar-refractivity contribution < 1.29 is 19.0 Å². The number of morpholine rings is 1. The number of methoxy groups -OCH3 is 2. The average molecular weight is 577 g/mol. The van der Waals surface area contributed by atoms with Gasteiger partial charge >= 0.3 is 6.03 Å². The third-order valence-corrected chi connectivity index (χ3v) is 7.50. The van der Waals surface area contributed by atoms with E-state index >= 15 is 0 Å². The number of nitrogens with zero attached hydrogens (tertiary/aromatic N) is 2. The molecule has 4 rings (SSSR count). The molecule has 0 unspecified atom stereocenters. The Morgan fingerprint density at radius 3 is 2.40 bits per heavy atom. The standard InChI is InChI=1S/C33H44N4O5/c1-7-8-14-37-15-13-25(26-21-24(40-5)10-12-29(26)41-6)30(31(37)38)35-32(39)34-28-20-23(9-11-27(28)33(2,3)4)22-36-16-18-42-19-17-36/h9-13,15,20-21H,7-8,14,16-19,22H2,1-6H3,(H2,34,35,39). The van der Waals surface area contributed by atoms with Gasteiger partial charge in [-0.3, -0.25) is 9.69 Å². The van der Waals surface area contributed by atoms with E-state index in [2.05, 4.69) is 55.4 Å². The topological polar surface area (TPSA) is 94.1 Å². The Balaban J connectivity index is 1.70. The van der Waals surface area contributed by atoms with E-state index in [4.69, 9.17) is 14.2 Å². The van der Waals surface area contributed by atoms with Crippen molar-refractivity contribution in [2.45, 2.75) is 59.0 Å². The van der Waals surface area contributed by atoms with E-state index < -0.39 is 6.03 Å². The molecule has 9 heteroatoms. The van der Waals surface area contributed by atoms with E-state index in [1.807, 2.05) is 12.1 Å². The Hall–Kier alpha value is -3.82. The first-order chi connectivity index (χ1) is 20.1. The molecular formula is C33H44N4O5. The quantitative estimate of drug-likeness (QED) is 0.303. The maximum Gasteiger partial charge on any atom is 0.323 e. The number of hydrogen-bond donors (Lipinski definition) is 2. The zero-order valence-corrected chi connectivity index (χ0v) is 25.7. The fraction of sp³-hybridized carbons (Fsp3) is 0.455. The zero-order chi connectivity index (χ0) is 30.3. The molecule has 3 aromatic rings. The van der Waals surface area contributed by atoms with Crippen molar-refractivity contribution in [3.63, 3.8) is 0 Å². The molecule has 226 valence electrons. The predicted molar refractivity (Wildman–Crippen MR) is 168 cm³/mol. The Bertz CT molecular complexity index is 1440. The van der Waals surface area contributed by atoms with Crippen LogP contribution in [0.4, 0.5) is 16.2 Å². The number of unbranched alkanes of at least 4 members (excludes halogenated alkanes) is 1. The number of carbonyl (C=O) groups is 1. The molecule has 9 nitrogen and oxygen atoms in total. The second kappa shape index (κ2) is 13.9. The molecule has 2 amide bonds. The Morgan fingerprint density at radius 1 is 0.976 bits per heavy atom. The summed E-state index contributed by atoms with van der Waals surface area (Å²) in [4.78, 5) is 29.7. The number of aromatic nitrogens is 1. The highest BCUT2D eigenvalue weighted by atomic mass is 16.5. The first-order valence-electron chi connectivity index (χ1n) is 14.6. The van der Waals surface area contributed by atoms with Gasteiger partial charge < -0.3 is 29.4 Å². The van der Waals surface area contributed by atoms with E-state index in [0.717, 1.165) is 56.8 Å². The lowest BCUT2D eigenvalue weighted by Crippen LogP contribution is -2.35. The van der Waals surface area contributed by atoms with Gasteiger partial charge in [-0.05, 0) is 53.3 Å². The summed E-state index contributed by atoms with van der Waals surface area (Å²) in [5.41, 5.74) is 3.71. The fourth-order valence-corrected chi connectivity index (χ4v) is 5.18. The van der Waals surface area contributed by atoms with Crippen LogP contribution in [0.25, 0.3) is 11.1 Å². The van der Waals surface area contributed by atoms with Gasteiger partial charge in [0.25, 0.3) is 5.56 Å². The van der Waals surface area contributed by atoms with E-state index in [1.165, 1.54) is 0 Å². The Kier molecular flexibility index (Phi) is 10.3. The van der Waals surface area contributed by atoms with Crippen LogP contribution in [0.2, 0.25) is 0 Å². The summed E-state index contributed by atoms with van der Waals surface area (Å²) in [6.45, 7) is 12.9. The maximum atomic E-state index is 13.7. The SMILES string of the molecule is CCCCn1ccc(-c2cc(OC)ccc2OC)c(NC(=O)Nc2cc(CN3CCOCC3)ccc2C(C)(C)C)c1=O. The second-order valence-electron chi connectivity index (χ2n) is 11.6. The lowest BCUT2D eigenvalue weighted by atomic mass is 9.85. The van der Waals surface area contributed by atoms with Gasteiger partial charge in [-0.2, -0.15) is 0 Å². The van der Waals surface area contributed by atoms with Crippen molar-refractivity contribution in [1.29, 1.82) is 0 Å². The molecule has 2 heterocycles. The van der Waals surface area contributed by atoms with Crippen LogP contribution >= 0.6 is 0 Å². The van der Waals surface area contributed by atoms with Crippen LogP contribution < -0.4 is 25.7 Å². The van der Waals surface area contributed by atoms with Crippen LogP contribution in [0.5, 0.6) is 11.5 Å². The third-order valence-electron chi connectivity index (χ3n) is 7.50. The van der Waals surface area contributed by atoms with E-state index in [1.54, 1.807) is 43.2 Å². The average Bonchev–Trinajstić information content (AvgIpc) is 2.97. The number of carbonyl (C=O) groups excluding carboxylic acids is 1. The van der Waals surface area contributed by atoms with Gasteiger partial charge in [0.1, 0.15) is 17.2 Å². The summed E-state index contributed by atoms with van der Waals surface area (Å²) in [7, 11) is 3.16. The maximum absolute atomic E-state index is 13.7. The number of nitrogens with one attached hydrogen (secondary N) is 2. The van der Waals surface area contributed by atoms with E-state index in [9.17, 15) is 9.59 Å². The summed E-state index contributed by atoms with van der Waals surface area (Å²) in [6, 6.07) is 13.0. The van der Waals surface area contributed by atoms with Gasteiger partial charge in [0.05, 0.1) is 27.4 Å². The van der Waals surface area contributed by atoms with Crippen LogP contribution in [0.3, 0.4) is 0 Å². The highest BCUT2D eigenvalue weighted by Crippen LogP contribution is 2.37. The summed E-state index contributed by atoms with van der Waals surface area (Å²) in [6.07, 6.45) is 3.55. The lowest BCUT2D eigenvalue weighted by Gasteiger charge is -2.28. The van der Waals surface area contributed by atoms with E-state index in [-0.39, 0.29) is 16.7 Å². The Morgan fingerprint density at radius 2 is 1.74 bits per heavy atom. The highest BCUT2D eigenvalue weighted by Gasteiger charge is 2.23. The smallest absolute Gasteiger partial charge is 0.323 e. The monoisotopic (exact) mass is 576 g/mol. The molecule has 1 aliphatic rings. The number of aryl methyl sites for hydroxylation is 1. The molecule has 1 aromatic heterocycles. The van der Waals surface area contributed by atoms with Crippen molar-refractivity contribution in [3.8, 4) is 22.6 Å². The number of ether oxygens (including phenoxy) is 3. The van der Waals surface area contributed by atoms with Gasteiger partial charge in [0.15, 0.2) is 0 Å². The van der Waals surface area contributed by atoms with Crippen molar-refractivity contribution in [2.24, 2.45) is 0 Å². The van der Waals surface area contributed by atoms with Crippen molar-refractivity contribution >= 4 is 17.4 Å². The summed E-state index contributed by atoms with van der Waals surface area (Å²) in [5.74, 6) is 1.18. The van der Waals surface area contributed by atoms with Gasteiger partial charge in [0, 0.05) is 49.2 Å². The van der Waals surface area contributed by atoms with Gasteiger partial charge in [-0.1, -0.05) is 46.2 Å². The number of urea groups is 1. The molecule has 0 bridgehead atoms. The lowest BCUT2D eigenvalue weighted by molar-refractivity contribution is 0.0342. The highest BCUT2D eigenvalue weighted by molar-refractivity contribution is 6.03. The first kappa shape index (κ1) is 31.1. The summed E-state index contributed by atoms with van der Waals surface area (Å²) >= 11 is 0. The van der Waals surface area contributed by atoms with Crippen molar-refractivity contribution in [3.05, 3.63) is 70.1 Å². The van der Waals surface area contributed by atoms with Gasteiger partial charge in [-0.25, -0.2) is 4.79 Å². The molecule has 1 aliphatic heterocycles. The van der Waals surface area contributed by atoms with E-state index in [0.29, 0.717) is 34.9 Å². The minimum Gasteiger partial charge on any atom is -0.497 e. The molecular weight excluding hydrogens is 532 g/mol.